The Morgan fingerprint density at radius 2 is 2.26 bits per heavy atom. The molecule has 0 radical (unpaired) electrons. The summed E-state index contributed by atoms with van der Waals surface area (Å²) in [6.07, 6.45) is 1.78. The Bertz CT molecular complexity index is 755. The van der Waals surface area contributed by atoms with Gasteiger partial charge >= 0.3 is 0 Å². The molecule has 0 unspecified atom stereocenters. The second-order valence-corrected chi connectivity index (χ2v) is 4.37. The molecule has 0 aliphatic rings. The van der Waals surface area contributed by atoms with Gasteiger partial charge in [0.2, 0.25) is 5.89 Å². The fraction of sp³-hybridized carbons (Fsp3) is 0.143. The van der Waals surface area contributed by atoms with Crippen LogP contribution >= 0.6 is 0 Å². The maximum atomic E-state index is 10.6. The van der Waals surface area contributed by atoms with E-state index in [-0.39, 0.29) is 6.42 Å². The van der Waals surface area contributed by atoms with Crippen molar-refractivity contribution in [3.05, 3.63) is 42.1 Å². The normalized spacial score (nSPS) is 11.0. The van der Waals surface area contributed by atoms with Gasteiger partial charge in [0.25, 0.3) is 0 Å². The summed E-state index contributed by atoms with van der Waals surface area (Å²) in [5.41, 5.74) is 2.80. The second-order valence-electron chi connectivity index (χ2n) is 4.37. The lowest BCUT2D eigenvalue weighted by Crippen LogP contribution is -2.24. The van der Waals surface area contributed by atoms with Crippen LogP contribution in [0.4, 0.5) is 0 Å². The van der Waals surface area contributed by atoms with Crippen LogP contribution in [-0.4, -0.2) is 15.5 Å². The summed E-state index contributed by atoms with van der Waals surface area (Å²) in [6, 6.07) is 8.97. The van der Waals surface area contributed by atoms with Crippen LogP contribution in [0.15, 0.2) is 40.9 Å². The van der Waals surface area contributed by atoms with Crippen LogP contribution < -0.4 is 5.11 Å². The van der Waals surface area contributed by atoms with Crippen molar-refractivity contribution in [3.8, 4) is 11.6 Å². The van der Waals surface area contributed by atoms with E-state index in [1.165, 1.54) is 0 Å². The van der Waals surface area contributed by atoms with Gasteiger partial charge in [0.1, 0.15) is 11.2 Å². The molecule has 5 heteroatoms. The van der Waals surface area contributed by atoms with E-state index < -0.39 is 5.97 Å². The number of aryl methyl sites for hydroxylation is 1. The predicted octanol–water partition coefficient (Wildman–Crippen LogP) is 1.13. The monoisotopic (exact) mass is 255 g/mol. The van der Waals surface area contributed by atoms with Crippen LogP contribution in [0.1, 0.15) is 5.56 Å². The molecule has 5 nitrogen and oxygen atoms in total. The number of rotatable bonds is 3. The molecule has 0 fully saturated rings. The van der Waals surface area contributed by atoms with Crippen molar-refractivity contribution in [1.29, 1.82) is 0 Å². The molecule has 0 aliphatic heterocycles. The molecule has 0 aliphatic carbocycles. The molecule has 3 rings (SSSR count). The summed E-state index contributed by atoms with van der Waals surface area (Å²) in [5, 5.41) is 10.6. The maximum Gasteiger partial charge on any atom is 0.244 e. The van der Waals surface area contributed by atoms with Crippen molar-refractivity contribution < 1.29 is 14.3 Å². The Labute approximate surface area is 109 Å². The van der Waals surface area contributed by atoms with E-state index in [4.69, 9.17) is 4.42 Å². The first kappa shape index (κ1) is 11.5. The molecule has 1 aromatic carbocycles. The van der Waals surface area contributed by atoms with E-state index in [0.29, 0.717) is 22.6 Å². The largest absolute Gasteiger partial charge is 0.550 e. The van der Waals surface area contributed by atoms with Crippen LogP contribution in [0.2, 0.25) is 0 Å². The molecule has 0 amide bonds. The van der Waals surface area contributed by atoms with Gasteiger partial charge in [-0.25, -0.2) is 4.98 Å². The number of carboxylic acids is 1. The minimum Gasteiger partial charge on any atom is -0.550 e. The highest BCUT2D eigenvalue weighted by atomic mass is 16.4. The third-order valence-corrected chi connectivity index (χ3v) is 2.96. The molecule has 0 bridgehead atoms. The highest BCUT2D eigenvalue weighted by Gasteiger charge is 2.10. The first-order valence-electron chi connectivity index (χ1n) is 5.84. The molecule has 96 valence electrons. The van der Waals surface area contributed by atoms with Gasteiger partial charge in [-0.15, -0.1) is 0 Å². The Morgan fingerprint density at radius 3 is 2.95 bits per heavy atom. The highest BCUT2D eigenvalue weighted by Crippen LogP contribution is 2.25. The topological polar surface area (TPSA) is 71.1 Å². The average Bonchev–Trinajstić information content (AvgIpc) is 2.93. The number of oxazole rings is 1. The fourth-order valence-electron chi connectivity index (χ4n) is 2.04. The lowest BCUT2D eigenvalue weighted by atomic mass is 10.1. The van der Waals surface area contributed by atoms with Crippen molar-refractivity contribution >= 4 is 17.1 Å². The maximum absolute atomic E-state index is 10.6. The number of fused-ring (bicyclic) bond motifs is 1. The molecule has 0 saturated carbocycles. The number of carbonyl (C=O) groups is 1. The first-order chi connectivity index (χ1) is 9.13. The van der Waals surface area contributed by atoms with Gasteiger partial charge < -0.3 is 18.9 Å². The van der Waals surface area contributed by atoms with Crippen molar-refractivity contribution in [2.75, 3.05) is 0 Å². The minimum atomic E-state index is -1.11. The zero-order valence-corrected chi connectivity index (χ0v) is 10.3. The van der Waals surface area contributed by atoms with E-state index in [9.17, 15) is 9.90 Å². The Balaban J connectivity index is 2.06. The smallest absolute Gasteiger partial charge is 0.244 e. The van der Waals surface area contributed by atoms with E-state index in [1.54, 1.807) is 18.2 Å². The van der Waals surface area contributed by atoms with Gasteiger partial charge in [0.15, 0.2) is 5.58 Å². The van der Waals surface area contributed by atoms with Gasteiger partial charge in [-0.3, -0.25) is 0 Å². The molecular formula is C14H11N2O3-. The van der Waals surface area contributed by atoms with Crippen LogP contribution in [0, 0.1) is 0 Å². The van der Waals surface area contributed by atoms with Crippen molar-refractivity contribution in [3.63, 3.8) is 0 Å². The van der Waals surface area contributed by atoms with Gasteiger partial charge in [-0.05, 0) is 29.8 Å². The predicted molar refractivity (Wildman–Crippen MR) is 67.1 cm³/mol. The Kier molecular flexibility index (Phi) is 2.59. The summed E-state index contributed by atoms with van der Waals surface area (Å²) >= 11 is 0. The van der Waals surface area contributed by atoms with Crippen LogP contribution in [0.5, 0.6) is 0 Å². The van der Waals surface area contributed by atoms with Gasteiger partial charge in [0.05, 0.1) is 0 Å². The Morgan fingerprint density at radius 1 is 1.42 bits per heavy atom. The summed E-state index contributed by atoms with van der Waals surface area (Å²) in [7, 11) is 1.91. The van der Waals surface area contributed by atoms with E-state index in [2.05, 4.69) is 4.98 Å². The molecule has 0 spiro atoms. The summed E-state index contributed by atoms with van der Waals surface area (Å²) in [4.78, 5) is 15.0. The summed E-state index contributed by atoms with van der Waals surface area (Å²) in [5.74, 6) is -0.588. The average molecular weight is 255 g/mol. The molecule has 0 saturated heterocycles. The number of carboxylic acid groups (broad SMARTS) is 1. The lowest BCUT2D eigenvalue weighted by molar-refractivity contribution is -0.304. The van der Waals surface area contributed by atoms with Gasteiger partial charge in [-0.1, -0.05) is 6.07 Å². The highest BCUT2D eigenvalue weighted by molar-refractivity contribution is 5.78. The molecule has 0 atom stereocenters. The molecule has 19 heavy (non-hydrogen) atoms. The minimum absolute atomic E-state index is 0.129. The van der Waals surface area contributed by atoms with Crippen LogP contribution in [0.25, 0.3) is 22.7 Å². The standard InChI is InChI=1S/C14H12N2O3/c1-16-6-2-3-11(16)14-15-10-5-4-9(8-13(17)18)7-12(10)19-14/h2-7H,8H2,1H3,(H,17,18)/p-1. The lowest BCUT2D eigenvalue weighted by Gasteiger charge is -2.00. The zero-order chi connectivity index (χ0) is 13.4. The summed E-state index contributed by atoms with van der Waals surface area (Å²) < 4.78 is 7.58. The number of nitrogens with zero attached hydrogens (tertiary/aromatic N) is 2. The molecule has 0 N–H and O–H groups in total. The van der Waals surface area contributed by atoms with Crippen molar-refractivity contribution in [1.82, 2.24) is 9.55 Å². The zero-order valence-electron chi connectivity index (χ0n) is 10.3. The fourth-order valence-corrected chi connectivity index (χ4v) is 2.04. The van der Waals surface area contributed by atoms with E-state index >= 15 is 0 Å². The Hall–Kier alpha value is -2.56. The molecule has 3 aromatic rings. The second kappa shape index (κ2) is 4.28. The molecule has 2 aromatic heterocycles. The van der Waals surface area contributed by atoms with Crippen molar-refractivity contribution in [2.45, 2.75) is 6.42 Å². The number of benzene rings is 1. The van der Waals surface area contributed by atoms with E-state index in [0.717, 1.165) is 5.69 Å². The SMILES string of the molecule is Cn1cccc1-c1nc2ccc(CC(=O)[O-])cc2o1. The van der Waals surface area contributed by atoms with Crippen LogP contribution in [-0.2, 0) is 18.3 Å². The van der Waals surface area contributed by atoms with Gasteiger partial charge in [0, 0.05) is 25.6 Å². The number of hydrogen-bond acceptors (Lipinski definition) is 4. The quantitative estimate of drug-likeness (QED) is 0.703. The van der Waals surface area contributed by atoms with Gasteiger partial charge in [-0.2, -0.15) is 0 Å². The third-order valence-electron chi connectivity index (χ3n) is 2.96. The third kappa shape index (κ3) is 2.10. The van der Waals surface area contributed by atoms with Crippen molar-refractivity contribution in [2.24, 2.45) is 7.05 Å². The number of carbonyl (C=O) groups excluding carboxylic acids is 1. The molecular weight excluding hydrogens is 244 g/mol. The number of hydrogen-bond donors (Lipinski definition) is 0. The van der Waals surface area contributed by atoms with E-state index in [1.807, 2.05) is 29.9 Å². The summed E-state index contributed by atoms with van der Waals surface area (Å²) in [6.45, 7) is 0. The molecule has 2 heterocycles. The number of aliphatic carboxylic acids is 1. The first-order valence-corrected chi connectivity index (χ1v) is 5.84. The van der Waals surface area contributed by atoms with Crippen LogP contribution in [0.3, 0.4) is 0 Å². The number of aromatic nitrogens is 2.